The van der Waals surface area contributed by atoms with Gasteiger partial charge in [-0.3, -0.25) is 9.59 Å². The fourth-order valence-corrected chi connectivity index (χ4v) is 1.51. The van der Waals surface area contributed by atoms with Crippen molar-refractivity contribution in [3.05, 3.63) is 34.3 Å². The number of halogens is 2. The molecule has 0 bridgehead atoms. The lowest BCUT2D eigenvalue weighted by molar-refractivity contribution is 0.101. The largest absolute Gasteiger partial charge is 0.294 e. The van der Waals surface area contributed by atoms with Crippen LogP contribution in [0.4, 0.5) is 0 Å². The second-order valence-electron chi connectivity index (χ2n) is 2.50. The quantitative estimate of drug-likeness (QED) is 0.563. The van der Waals surface area contributed by atoms with Gasteiger partial charge in [0.1, 0.15) is 0 Å². The highest BCUT2D eigenvalue weighted by Gasteiger charge is 2.13. The van der Waals surface area contributed by atoms with E-state index in [9.17, 15) is 9.59 Å². The van der Waals surface area contributed by atoms with Gasteiger partial charge in [0.15, 0.2) is 5.78 Å². The molecule has 0 atom stereocenters. The molecule has 0 aliphatic carbocycles. The van der Waals surface area contributed by atoms with Crippen molar-refractivity contribution in [1.29, 1.82) is 0 Å². The van der Waals surface area contributed by atoms with E-state index in [2.05, 4.69) is 0 Å². The fraction of sp³-hybridized carbons (Fsp3) is 0.111. The lowest BCUT2D eigenvalue weighted by Crippen LogP contribution is -1.98. The second kappa shape index (κ2) is 3.90. The molecule has 0 N–H and O–H groups in total. The topological polar surface area (TPSA) is 34.1 Å². The van der Waals surface area contributed by atoms with Crippen molar-refractivity contribution in [2.75, 3.05) is 0 Å². The summed E-state index contributed by atoms with van der Waals surface area (Å²) < 4.78 is 0. The Morgan fingerprint density at radius 3 is 2.23 bits per heavy atom. The summed E-state index contributed by atoms with van der Waals surface area (Å²) in [5.74, 6) is -0.190. The minimum absolute atomic E-state index is 0.120. The molecule has 0 heterocycles. The maximum absolute atomic E-state index is 11.0. The van der Waals surface area contributed by atoms with Crippen LogP contribution in [0.2, 0.25) is 5.02 Å². The third kappa shape index (κ3) is 2.08. The highest BCUT2D eigenvalue weighted by Crippen LogP contribution is 2.22. The number of rotatable bonds is 2. The Bertz CT molecular complexity index is 340. The summed E-state index contributed by atoms with van der Waals surface area (Å²) in [7, 11) is 0. The SMILES string of the molecule is CC(=O)c1cccc(C(=O)Cl)c1Cl. The molecule has 4 heteroatoms. The molecule has 1 aromatic carbocycles. The lowest BCUT2D eigenvalue weighted by Gasteiger charge is -2.02. The third-order valence-corrected chi connectivity index (χ3v) is 2.20. The number of hydrogen-bond donors (Lipinski definition) is 0. The van der Waals surface area contributed by atoms with Gasteiger partial charge in [-0.1, -0.05) is 17.7 Å². The van der Waals surface area contributed by atoms with Crippen LogP contribution in [-0.2, 0) is 0 Å². The Kier molecular flexibility index (Phi) is 3.07. The van der Waals surface area contributed by atoms with Crippen molar-refractivity contribution in [1.82, 2.24) is 0 Å². The minimum Gasteiger partial charge on any atom is -0.294 e. The van der Waals surface area contributed by atoms with E-state index in [1.165, 1.54) is 13.0 Å². The van der Waals surface area contributed by atoms with E-state index in [4.69, 9.17) is 23.2 Å². The van der Waals surface area contributed by atoms with Gasteiger partial charge in [-0.15, -0.1) is 0 Å². The summed E-state index contributed by atoms with van der Waals surface area (Å²) in [4.78, 5) is 21.8. The summed E-state index contributed by atoms with van der Waals surface area (Å²) in [6.45, 7) is 1.38. The molecule has 1 aromatic rings. The van der Waals surface area contributed by atoms with E-state index < -0.39 is 5.24 Å². The Hall–Kier alpha value is -0.860. The van der Waals surface area contributed by atoms with Crippen LogP contribution < -0.4 is 0 Å². The highest BCUT2D eigenvalue weighted by atomic mass is 35.5. The second-order valence-corrected chi connectivity index (χ2v) is 3.22. The molecule has 13 heavy (non-hydrogen) atoms. The summed E-state index contributed by atoms with van der Waals surface area (Å²) in [6.07, 6.45) is 0. The molecule has 0 amide bonds. The Labute approximate surface area is 85.5 Å². The number of carbonyl (C=O) groups excluding carboxylic acids is 2. The van der Waals surface area contributed by atoms with Crippen LogP contribution in [0, 0.1) is 0 Å². The van der Waals surface area contributed by atoms with E-state index in [-0.39, 0.29) is 16.4 Å². The van der Waals surface area contributed by atoms with E-state index >= 15 is 0 Å². The minimum atomic E-state index is -0.659. The molecule has 2 nitrogen and oxygen atoms in total. The standard InChI is InChI=1S/C9H6Cl2O2/c1-5(12)6-3-2-4-7(8(6)10)9(11)13/h2-4H,1H3. The first-order chi connectivity index (χ1) is 6.04. The molecule has 0 spiro atoms. The number of hydrogen-bond acceptors (Lipinski definition) is 2. The molecule has 0 fully saturated rings. The molecule has 0 unspecified atom stereocenters. The van der Waals surface area contributed by atoms with Gasteiger partial charge >= 0.3 is 0 Å². The molecule has 68 valence electrons. The van der Waals surface area contributed by atoms with Gasteiger partial charge in [-0.2, -0.15) is 0 Å². The molecule has 0 aliphatic heterocycles. The Morgan fingerprint density at radius 2 is 1.77 bits per heavy atom. The van der Waals surface area contributed by atoms with Crippen LogP contribution in [0.15, 0.2) is 18.2 Å². The predicted octanol–water partition coefficient (Wildman–Crippen LogP) is 2.92. The summed E-state index contributed by atoms with van der Waals surface area (Å²) in [6, 6.07) is 4.59. The van der Waals surface area contributed by atoms with Crippen molar-refractivity contribution in [3.8, 4) is 0 Å². The van der Waals surface area contributed by atoms with Crippen LogP contribution in [-0.4, -0.2) is 11.0 Å². The zero-order valence-electron chi connectivity index (χ0n) is 6.80. The maximum atomic E-state index is 11.0. The van der Waals surface area contributed by atoms with E-state index in [1.54, 1.807) is 12.1 Å². The highest BCUT2D eigenvalue weighted by molar-refractivity contribution is 6.68. The normalized spacial score (nSPS) is 9.77. The molecule has 0 radical (unpaired) electrons. The van der Waals surface area contributed by atoms with Crippen LogP contribution in [0.3, 0.4) is 0 Å². The van der Waals surface area contributed by atoms with E-state index in [0.29, 0.717) is 5.56 Å². The number of ketones is 1. The smallest absolute Gasteiger partial charge is 0.253 e. The van der Waals surface area contributed by atoms with Gasteiger partial charge in [-0.05, 0) is 30.7 Å². The van der Waals surface area contributed by atoms with Crippen LogP contribution in [0.5, 0.6) is 0 Å². The van der Waals surface area contributed by atoms with Crippen molar-refractivity contribution < 1.29 is 9.59 Å². The molecule has 0 aliphatic rings. The van der Waals surface area contributed by atoms with Crippen LogP contribution in [0.25, 0.3) is 0 Å². The molecule has 0 saturated carbocycles. The van der Waals surface area contributed by atoms with Gasteiger partial charge in [-0.25, -0.2) is 0 Å². The molecule has 1 rings (SSSR count). The number of Topliss-reactive ketones (excluding diaryl/α,β-unsaturated/α-hetero) is 1. The average Bonchev–Trinajstić information content (AvgIpc) is 2.03. The van der Waals surface area contributed by atoms with Crippen molar-refractivity contribution in [2.24, 2.45) is 0 Å². The van der Waals surface area contributed by atoms with Crippen molar-refractivity contribution in [3.63, 3.8) is 0 Å². The molecule has 0 saturated heterocycles. The fourth-order valence-electron chi connectivity index (χ4n) is 0.956. The molecule has 0 aromatic heterocycles. The first kappa shape index (κ1) is 10.2. The zero-order chi connectivity index (χ0) is 10.0. The van der Waals surface area contributed by atoms with Gasteiger partial charge in [0, 0.05) is 5.56 Å². The van der Waals surface area contributed by atoms with Gasteiger partial charge in [0.25, 0.3) is 5.24 Å². The zero-order valence-corrected chi connectivity index (χ0v) is 8.32. The van der Waals surface area contributed by atoms with Gasteiger partial charge in [0.05, 0.1) is 10.6 Å². The summed E-state index contributed by atoms with van der Waals surface area (Å²) in [5, 5.41) is -0.539. The average molecular weight is 217 g/mol. The van der Waals surface area contributed by atoms with Crippen LogP contribution in [0.1, 0.15) is 27.6 Å². The third-order valence-electron chi connectivity index (χ3n) is 1.59. The van der Waals surface area contributed by atoms with Crippen molar-refractivity contribution >= 4 is 34.2 Å². The predicted molar refractivity (Wildman–Crippen MR) is 51.6 cm³/mol. The van der Waals surface area contributed by atoms with Gasteiger partial charge < -0.3 is 0 Å². The van der Waals surface area contributed by atoms with E-state index in [1.807, 2.05) is 0 Å². The van der Waals surface area contributed by atoms with Crippen LogP contribution >= 0.6 is 23.2 Å². The van der Waals surface area contributed by atoms with Gasteiger partial charge in [0.2, 0.25) is 0 Å². The Morgan fingerprint density at radius 1 is 1.23 bits per heavy atom. The molecular weight excluding hydrogens is 211 g/mol. The van der Waals surface area contributed by atoms with E-state index in [0.717, 1.165) is 0 Å². The summed E-state index contributed by atoms with van der Waals surface area (Å²) >= 11 is 11.0. The summed E-state index contributed by atoms with van der Waals surface area (Å²) in [5.41, 5.74) is 0.476. The Balaban J connectivity index is 3.35. The monoisotopic (exact) mass is 216 g/mol. The first-order valence-corrected chi connectivity index (χ1v) is 4.29. The lowest BCUT2D eigenvalue weighted by atomic mass is 10.1. The first-order valence-electron chi connectivity index (χ1n) is 3.53. The number of carbonyl (C=O) groups is 2. The maximum Gasteiger partial charge on any atom is 0.253 e. The molecular formula is C9H6Cl2O2. The van der Waals surface area contributed by atoms with Crippen molar-refractivity contribution in [2.45, 2.75) is 6.92 Å². The number of benzene rings is 1.